The molecule has 0 aliphatic heterocycles. The molecule has 2 unspecified atom stereocenters. The molecule has 0 spiro atoms. The maximum atomic E-state index is 11.9. The second-order valence-corrected chi connectivity index (χ2v) is 5.45. The Kier molecular flexibility index (Phi) is 18.5. The Hall–Kier alpha value is 0.700. The number of esters is 1. The van der Waals surface area contributed by atoms with Crippen molar-refractivity contribution in [2.45, 2.75) is 64.5 Å². The number of hydrogen-bond donors (Lipinski definition) is 0. The zero-order valence-corrected chi connectivity index (χ0v) is 15.9. The van der Waals surface area contributed by atoms with E-state index in [1.165, 1.54) is 0 Å². The van der Waals surface area contributed by atoms with Crippen LogP contribution in [0.3, 0.4) is 0 Å². The van der Waals surface area contributed by atoms with Gasteiger partial charge in [0.05, 0.1) is 6.61 Å². The molecule has 0 aliphatic rings. The Labute approximate surface area is 148 Å². The van der Waals surface area contributed by atoms with Gasteiger partial charge in [-0.1, -0.05) is 46.5 Å². The molecule has 7 heteroatoms. The number of ether oxygens (including phenoxy) is 1. The average molecular weight is 316 g/mol. The van der Waals surface area contributed by atoms with Crippen molar-refractivity contribution in [1.29, 1.82) is 0 Å². The third-order valence-electron chi connectivity index (χ3n) is 3.00. The second-order valence-electron chi connectivity index (χ2n) is 4.56. The minimum Gasteiger partial charge on any atom is -0.691 e. The van der Waals surface area contributed by atoms with Gasteiger partial charge in [-0.15, -0.1) is 0 Å². The summed E-state index contributed by atoms with van der Waals surface area (Å²) in [5, 5.41) is 12.6. The molecule has 2 atom stereocenters. The van der Waals surface area contributed by atoms with Crippen LogP contribution in [0.1, 0.15) is 59.3 Å². The number of rotatable bonds is 12. The maximum Gasteiger partial charge on any atom is 1.00 e. The van der Waals surface area contributed by atoms with Crippen LogP contribution >= 0.6 is 12.0 Å². The number of hydrogen-bond acceptors (Lipinski definition) is 6. The van der Waals surface area contributed by atoms with Crippen molar-refractivity contribution in [3.8, 4) is 0 Å². The second kappa shape index (κ2) is 16.1. The van der Waals surface area contributed by atoms with E-state index in [0.29, 0.717) is 18.9 Å². The summed E-state index contributed by atoms with van der Waals surface area (Å²) in [4.78, 5) is 11.9. The van der Waals surface area contributed by atoms with E-state index < -0.39 is 5.25 Å². The molecule has 0 aromatic heterocycles. The van der Waals surface area contributed by atoms with E-state index in [1.54, 1.807) is 0 Å². The fourth-order valence-electron chi connectivity index (χ4n) is 1.72. The SMILES string of the molecule is CCCCC(CC)COC(=O)C(CCC)SOO[O-].[Na+]. The summed E-state index contributed by atoms with van der Waals surface area (Å²) in [6.07, 6.45) is 5.77. The summed E-state index contributed by atoms with van der Waals surface area (Å²) in [6, 6.07) is 0. The van der Waals surface area contributed by atoms with Crippen LogP contribution in [0.4, 0.5) is 0 Å². The Morgan fingerprint density at radius 1 is 1.20 bits per heavy atom. The molecule has 0 aromatic carbocycles. The minimum absolute atomic E-state index is 0. The Morgan fingerprint density at radius 2 is 1.90 bits per heavy atom. The number of carbonyl (C=O) groups is 1. The van der Waals surface area contributed by atoms with Crippen LogP contribution < -0.4 is 34.8 Å². The smallest absolute Gasteiger partial charge is 0.691 e. The fraction of sp³-hybridized carbons (Fsp3) is 0.923. The van der Waals surface area contributed by atoms with Crippen molar-refractivity contribution in [1.82, 2.24) is 0 Å². The molecule has 0 saturated carbocycles. The molecule has 0 aliphatic carbocycles. The van der Waals surface area contributed by atoms with E-state index in [2.05, 4.69) is 23.2 Å². The van der Waals surface area contributed by atoms with Gasteiger partial charge in [-0.25, -0.2) is 0 Å². The van der Waals surface area contributed by atoms with Gasteiger partial charge in [-0.05, 0) is 18.8 Å². The van der Waals surface area contributed by atoms with Crippen LogP contribution in [0.15, 0.2) is 0 Å². The number of unbranched alkanes of at least 4 members (excludes halogenated alkanes) is 1. The summed E-state index contributed by atoms with van der Waals surface area (Å²) < 4.78 is 9.53. The van der Waals surface area contributed by atoms with Gasteiger partial charge in [0.25, 0.3) is 0 Å². The minimum atomic E-state index is -0.498. The van der Waals surface area contributed by atoms with Crippen LogP contribution in [0, 0.1) is 5.92 Å². The molecule has 5 nitrogen and oxygen atoms in total. The Morgan fingerprint density at radius 3 is 2.40 bits per heavy atom. The first-order valence-corrected chi connectivity index (χ1v) is 7.78. The molecule has 0 aromatic rings. The van der Waals surface area contributed by atoms with Crippen LogP contribution in [0.2, 0.25) is 0 Å². The van der Waals surface area contributed by atoms with Crippen molar-refractivity contribution in [3.05, 3.63) is 0 Å². The topological polar surface area (TPSA) is 67.8 Å². The van der Waals surface area contributed by atoms with Crippen molar-refractivity contribution >= 4 is 18.0 Å². The zero-order valence-electron chi connectivity index (χ0n) is 13.1. The first-order chi connectivity index (χ1) is 9.19. The standard InChI is InChI=1S/C13H26O5S.Na/c1-4-7-9-11(6-3)10-16-13(14)12(8-5-2)19-18-17-15;/h11-12,15H,4-10H2,1-3H3;/q;+1/p-1. The molecule has 0 saturated heterocycles. The average Bonchev–Trinajstić information content (AvgIpc) is 2.43. The largest absolute Gasteiger partial charge is 1.00 e. The van der Waals surface area contributed by atoms with Gasteiger partial charge in [0.2, 0.25) is 0 Å². The molecule has 0 fully saturated rings. The van der Waals surface area contributed by atoms with Crippen LogP contribution in [-0.4, -0.2) is 17.8 Å². The third kappa shape index (κ3) is 11.4. The quantitative estimate of drug-likeness (QED) is 0.163. The van der Waals surface area contributed by atoms with Gasteiger partial charge in [0, 0.05) is 12.0 Å². The van der Waals surface area contributed by atoms with Gasteiger partial charge in [-0.3, -0.25) is 9.83 Å². The third-order valence-corrected chi connectivity index (χ3v) is 3.80. The predicted molar refractivity (Wildman–Crippen MR) is 72.7 cm³/mol. The summed E-state index contributed by atoms with van der Waals surface area (Å²) in [6.45, 7) is 6.64. The molecular weight excluding hydrogens is 291 g/mol. The monoisotopic (exact) mass is 316 g/mol. The van der Waals surface area contributed by atoms with E-state index in [0.717, 1.165) is 44.1 Å². The van der Waals surface area contributed by atoms with E-state index in [1.807, 2.05) is 6.92 Å². The molecule has 0 heterocycles. The maximum absolute atomic E-state index is 11.9. The van der Waals surface area contributed by atoms with Gasteiger partial charge in [-0.2, -0.15) is 4.33 Å². The zero-order chi connectivity index (χ0) is 14.5. The summed E-state index contributed by atoms with van der Waals surface area (Å²) in [5.74, 6) is 0.0756. The molecular formula is C13H25NaO5S. The van der Waals surface area contributed by atoms with E-state index in [-0.39, 0.29) is 35.5 Å². The molecule has 0 rings (SSSR count). The van der Waals surface area contributed by atoms with Crippen molar-refractivity contribution in [3.63, 3.8) is 0 Å². The molecule has 114 valence electrons. The van der Waals surface area contributed by atoms with E-state index in [9.17, 15) is 10.1 Å². The first kappa shape index (κ1) is 23.0. The van der Waals surface area contributed by atoms with E-state index >= 15 is 0 Å². The van der Waals surface area contributed by atoms with Crippen LogP contribution in [0.5, 0.6) is 0 Å². The molecule has 20 heavy (non-hydrogen) atoms. The number of carbonyl (C=O) groups excluding carboxylic acids is 1. The molecule has 0 N–H and O–H groups in total. The van der Waals surface area contributed by atoms with Crippen molar-refractivity contribution in [2.75, 3.05) is 6.61 Å². The van der Waals surface area contributed by atoms with Crippen LogP contribution in [-0.2, 0) is 18.9 Å². The fourth-order valence-corrected chi connectivity index (χ4v) is 2.33. The molecule has 0 bridgehead atoms. The molecule has 0 radical (unpaired) electrons. The van der Waals surface area contributed by atoms with Crippen molar-refractivity contribution < 1.29 is 53.7 Å². The van der Waals surface area contributed by atoms with Gasteiger partial charge < -0.3 is 9.99 Å². The summed E-state index contributed by atoms with van der Waals surface area (Å²) >= 11 is 0.722. The first-order valence-electron chi connectivity index (χ1n) is 6.98. The summed E-state index contributed by atoms with van der Waals surface area (Å²) in [7, 11) is 0. The van der Waals surface area contributed by atoms with Gasteiger partial charge >= 0.3 is 35.5 Å². The van der Waals surface area contributed by atoms with Gasteiger partial charge in [0.15, 0.2) is 0 Å². The Balaban J connectivity index is 0. The van der Waals surface area contributed by atoms with Gasteiger partial charge in [0.1, 0.15) is 5.25 Å². The summed E-state index contributed by atoms with van der Waals surface area (Å²) in [5.41, 5.74) is 0. The van der Waals surface area contributed by atoms with Crippen LogP contribution in [0.25, 0.3) is 0 Å². The van der Waals surface area contributed by atoms with E-state index in [4.69, 9.17) is 4.74 Å². The predicted octanol–water partition coefficient (Wildman–Crippen LogP) is -0.210. The van der Waals surface area contributed by atoms with Crippen molar-refractivity contribution in [2.24, 2.45) is 5.92 Å². The molecule has 0 amide bonds. The normalized spacial score (nSPS) is 13.4. The Bertz CT molecular complexity index is 231.